The average molecular weight is 471 g/mol. The molecule has 2 N–H and O–H groups in total. The van der Waals surface area contributed by atoms with E-state index in [2.05, 4.69) is 10.3 Å². The Morgan fingerprint density at radius 3 is 2.52 bits per heavy atom. The number of nitrogens with zero attached hydrogens (tertiary/aromatic N) is 1. The molecule has 0 spiro atoms. The van der Waals surface area contributed by atoms with E-state index >= 15 is 0 Å². The van der Waals surface area contributed by atoms with E-state index in [1.807, 2.05) is 36.4 Å². The molecule has 0 fully saturated rings. The first-order chi connectivity index (χ1) is 14.9. The largest absolute Gasteiger partial charge is 0.478 e. The van der Waals surface area contributed by atoms with Crippen LogP contribution >= 0.6 is 34.5 Å². The summed E-state index contributed by atoms with van der Waals surface area (Å²) in [5, 5.41) is 13.3. The number of carboxylic acid groups (broad SMARTS) is 1. The zero-order valence-corrected chi connectivity index (χ0v) is 18.4. The number of carbonyl (C=O) groups is 2. The van der Waals surface area contributed by atoms with Crippen molar-refractivity contribution in [2.75, 3.05) is 0 Å². The van der Waals surface area contributed by atoms with Gasteiger partial charge < -0.3 is 10.4 Å². The fraction of sp³-hybridized carbons (Fsp3) is 0.0870. The number of nitrogens with one attached hydrogen (secondary N) is 1. The molecule has 0 aliphatic rings. The lowest BCUT2D eigenvalue weighted by Crippen LogP contribution is -2.24. The first-order valence-electron chi connectivity index (χ1n) is 9.34. The van der Waals surface area contributed by atoms with Crippen molar-refractivity contribution in [1.82, 2.24) is 10.3 Å². The molecule has 4 rings (SSSR count). The highest BCUT2D eigenvalue weighted by Crippen LogP contribution is 2.41. The zero-order valence-electron chi connectivity index (χ0n) is 16.1. The van der Waals surface area contributed by atoms with E-state index in [1.54, 1.807) is 12.1 Å². The van der Waals surface area contributed by atoms with Crippen molar-refractivity contribution in [3.63, 3.8) is 0 Å². The van der Waals surface area contributed by atoms with Crippen LogP contribution in [-0.4, -0.2) is 22.0 Å². The van der Waals surface area contributed by atoms with Gasteiger partial charge in [0.25, 0.3) is 0 Å². The van der Waals surface area contributed by atoms with Crippen LogP contribution in [0, 0.1) is 0 Å². The molecule has 0 atom stereocenters. The molecule has 0 radical (unpaired) electrons. The van der Waals surface area contributed by atoms with Crippen LogP contribution in [0.2, 0.25) is 10.0 Å². The Labute approximate surface area is 192 Å². The minimum atomic E-state index is -1.01. The maximum Gasteiger partial charge on any atom is 0.335 e. The van der Waals surface area contributed by atoms with Crippen LogP contribution in [0.4, 0.5) is 0 Å². The summed E-state index contributed by atoms with van der Waals surface area (Å²) in [4.78, 5) is 28.0. The maximum absolute atomic E-state index is 12.4. The Bertz CT molecular complexity index is 1290. The quantitative estimate of drug-likeness (QED) is 0.371. The molecule has 4 aromatic rings. The number of aromatic nitrogens is 1. The van der Waals surface area contributed by atoms with Gasteiger partial charge in [-0.1, -0.05) is 65.7 Å². The monoisotopic (exact) mass is 470 g/mol. The maximum atomic E-state index is 12.4. The summed E-state index contributed by atoms with van der Waals surface area (Å²) in [7, 11) is 0. The zero-order chi connectivity index (χ0) is 22.0. The molecule has 0 aliphatic heterocycles. The summed E-state index contributed by atoms with van der Waals surface area (Å²) in [5.74, 6) is -1.22. The van der Waals surface area contributed by atoms with Crippen LogP contribution in [0.1, 0.15) is 20.9 Å². The molecule has 1 heterocycles. The van der Waals surface area contributed by atoms with Crippen LogP contribution in [0.15, 0.2) is 60.7 Å². The SMILES string of the molecule is O=C(Cc1nc2c(Cl)c(Cl)c(-c3ccccc3)cc2s1)NCc1cccc(C(=O)O)c1. The van der Waals surface area contributed by atoms with Gasteiger partial charge in [0.1, 0.15) is 10.5 Å². The van der Waals surface area contributed by atoms with Gasteiger partial charge in [0, 0.05) is 12.1 Å². The molecular weight excluding hydrogens is 455 g/mol. The van der Waals surface area contributed by atoms with Crippen LogP contribution in [0.25, 0.3) is 21.3 Å². The van der Waals surface area contributed by atoms with Gasteiger partial charge >= 0.3 is 5.97 Å². The van der Waals surface area contributed by atoms with Crippen molar-refractivity contribution in [1.29, 1.82) is 0 Å². The lowest BCUT2D eigenvalue weighted by Gasteiger charge is -2.06. The lowest BCUT2D eigenvalue weighted by molar-refractivity contribution is -0.120. The molecule has 0 bridgehead atoms. The highest BCUT2D eigenvalue weighted by atomic mass is 35.5. The van der Waals surface area contributed by atoms with Crippen molar-refractivity contribution in [2.24, 2.45) is 0 Å². The van der Waals surface area contributed by atoms with E-state index in [0.29, 0.717) is 26.1 Å². The summed E-state index contributed by atoms with van der Waals surface area (Å²) >= 11 is 14.4. The van der Waals surface area contributed by atoms with Gasteiger partial charge in [-0.2, -0.15) is 0 Å². The Kier molecular flexibility index (Phi) is 6.23. The fourth-order valence-electron chi connectivity index (χ4n) is 3.17. The molecule has 1 aromatic heterocycles. The normalized spacial score (nSPS) is 10.9. The standard InChI is InChI=1S/C23H16Cl2N2O3S/c24-20-16(14-6-2-1-3-7-14)10-17-22(21(20)25)27-19(31-17)11-18(28)26-12-13-5-4-8-15(9-13)23(29)30/h1-10H,11-12H2,(H,26,28)(H,29,30). The molecule has 156 valence electrons. The molecule has 0 unspecified atom stereocenters. The molecular formula is C23H16Cl2N2O3S. The van der Waals surface area contributed by atoms with Gasteiger partial charge in [0.15, 0.2) is 0 Å². The number of rotatable bonds is 6. The minimum absolute atomic E-state index is 0.0899. The second-order valence-electron chi connectivity index (χ2n) is 6.83. The third-order valence-corrected chi connectivity index (χ3v) is 6.53. The third kappa shape index (κ3) is 4.71. The van der Waals surface area contributed by atoms with Crippen LogP contribution in [0.5, 0.6) is 0 Å². The minimum Gasteiger partial charge on any atom is -0.478 e. The first-order valence-corrected chi connectivity index (χ1v) is 10.9. The molecule has 0 aliphatic carbocycles. The second kappa shape index (κ2) is 9.06. The Balaban J connectivity index is 1.51. The van der Waals surface area contributed by atoms with E-state index in [9.17, 15) is 9.59 Å². The number of hydrogen-bond donors (Lipinski definition) is 2. The smallest absolute Gasteiger partial charge is 0.335 e. The highest BCUT2D eigenvalue weighted by molar-refractivity contribution is 7.18. The third-order valence-electron chi connectivity index (χ3n) is 4.67. The summed E-state index contributed by atoms with van der Waals surface area (Å²) < 4.78 is 0.852. The fourth-order valence-corrected chi connectivity index (χ4v) is 4.74. The van der Waals surface area contributed by atoms with Crippen LogP contribution in [0.3, 0.4) is 0 Å². The van der Waals surface area contributed by atoms with Gasteiger partial charge in [-0.3, -0.25) is 4.79 Å². The van der Waals surface area contributed by atoms with E-state index in [0.717, 1.165) is 15.8 Å². The number of benzene rings is 3. The average Bonchev–Trinajstić information content (AvgIpc) is 3.18. The lowest BCUT2D eigenvalue weighted by atomic mass is 10.1. The Morgan fingerprint density at radius 1 is 1.00 bits per heavy atom. The molecule has 1 amide bonds. The number of fused-ring (bicyclic) bond motifs is 1. The van der Waals surface area contributed by atoms with Crippen molar-refractivity contribution < 1.29 is 14.7 Å². The van der Waals surface area contributed by atoms with Crippen molar-refractivity contribution in [2.45, 2.75) is 13.0 Å². The number of aromatic carboxylic acids is 1. The van der Waals surface area contributed by atoms with E-state index in [-0.39, 0.29) is 24.4 Å². The molecule has 0 saturated heterocycles. The van der Waals surface area contributed by atoms with Crippen LogP contribution < -0.4 is 5.32 Å². The first kappa shape index (κ1) is 21.3. The van der Waals surface area contributed by atoms with E-state index < -0.39 is 5.97 Å². The van der Waals surface area contributed by atoms with Gasteiger partial charge in [-0.25, -0.2) is 9.78 Å². The number of thiazole rings is 1. The molecule has 31 heavy (non-hydrogen) atoms. The highest BCUT2D eigenvalue weighted by Gasteiger charge is 2.17. The van der Waals surface area contributed by atoms with Crippen molar-refractivity contribution >= 4 is 56.6 Å². The predicted molar refractivity (Wildman–Crippen MR) is 124 cm³/mol. The Morgan fingerprint density at radius 2 is 1.77 bits per heavy atom. The molecule has 3 aromatic carbocycles. The van der Waals surface area contributed by atoms with E-state index in [1.165, 1.54) is 23.5 Å². The van der Waals surface area contributed by atoms with Crippen molar-refractivity contribution in [3.8, 4) is 11.1 Å². The molecule has 5 nitrogen and oxygen atoms in total. The number of halogens is 2. The number of amides is 1. The topological polar surface area (TPSA) is 79.3 Å². The molecule has 8 heteroatoms. The number of carboxylic acids is 1. The van der Waals surface area contributed by atoms with E-state index in [4.69, 9.17) is 28.3 Å². The van der Waals surface area contributed by atoms with Gasteiger partial charge in [-0.05, 0) is 29.3 Å². The van der Waals surface area contributed by atoms with Gasteiger partial charge in [0.2, 0.25) is 5.91 Å². The second-order valence-corrected chi connectivity index (χ2v) is 8.70. The summed E-state index contributed by atoms with van der Waals surface area (Å²) in [6.45, 7) is 0.232. The van der Waals surface area contributed by atoms with Crippen molar-refractivity contribution in [3.05, 3.63) is 86.8 Å². The number of carbonyl (C=O) groups excluding carboxylic acids is 1. The summed E-state index contributed by atoms with van der Waals surface area (Å²) in [6.07, 6.45) is 0.0899. The Hall–Kier alpha value is -2.93. The summed E-state index contributed by atoms with van der Waals surface area (Å²) in [5.41, 5.74) is 3.23. The van der Waals surface area contributed by atoms with Gasteiger partial charge in [0.05, 0.1) is 26.7 Å². The molecule has 0 saturated carbocycles. The predicted octanol–water partition coefficient (Wildman–Crippen LogP) is 5.83. The van der Waals surface area contributed by atoms with Gasteiger partial charge in [-0.15, -0.1) is 11.3 Å². The van der Waals surface area contributed by atoms with Crippen LogP contribution in [-0.2, 0) is 17.8 Å². The summed E-state index contributed by atoms with van der Waals surface area (Å²) in [6, 6.07) is 18.1. The number of hydrogen-bond acceptors (Lipinski definition) is 4.